The summed E-state index contributed by atoms with van der Waals surface area (Å²) in [5, 5.41) is 12.1. The van der Waals surface area contributed by atoms with Crippen molar-refractivity contribution < 1.29 is 14.6 Å². The lowest BCUT2D eigenvalue weighted by molar-refractivity contribution is -0.136. The highest BCUT2D eigenvalue weighted by molar-refractivity contribution is 5.69. The molecule has 3 atom stereocenters. The maximum absolute atomic E-state index is 10.8. The highest BCUT2D eigenvalue weighted by atomic mass is 16.5. The molecule has 1 aromatic carbocycles. The highest BCUT2D eigenvalue weighted by Gasteiger charge is 2.39. The van der Waals surface area contributed by atoms with Crippen LogP contribution in [0.2, 0.25) is 0 Å². The Morgan fingerprint density at radius 3 is 2.95 bits per heavy atom. The van der Waals surface area contributed by atoms with Crippen molar-refractivity contribution in [3.05, 3.63) is 29.8 Å². The first-order chi connectivity index (χ1) is 9.25. The van der Waals surface area contributed by atoms with Crippen LogP contribution in [0.4, 0.5) is 0 Å². The maximum atomic E-state index is 10.8. The lowest BCUT2D eigenvalue weighted by Crippen LogP contribution is -2.44. The molecule has 1 aromatic rings. The summed E-state index contributed by atoms with van der Waals surface area (Å²) in [5.41, 5.74) is 1.10. The van der Waals surface area contributed by atoms with Gasteiger partial charge in [0.25, 0.3) is 0 Å². The Bertz CT molecular complexity index is 474. The van der Waals surface area contributed by atoms with Gasteiger partial charge in [0.05, 0.1) is 6.54 Å². The third kappa shape index (κ3) is 2.45. The molecule has 19 heavy (non-hydrogen) atoms. The number of benzene rings is 1. The minimum absolute atomic E-state index is 0.00220. The van der Waals surface area contributed by atoms with Crippen molar-refractivity contribution in [2.75, 3.05) is 6.54 Å². The van der Waals surface area contributed by atoms with Gasteiger partial charge in [0.1, 0.15) is 11.9 Å². The van der Waals surface area contributed by atoms with E-state index in [4.69, 9.17) is 9.84 Å². The largest absolute Gasteiger partial charge is 0.490 e. The molecule has 1 heterocycles. The molecule has 1 saturated carbocycles. The second-order valence-corrected chi connectivity index (χ2v) is 5.39. The van der Waals surface area contributed by atoms with E-state index in [1.54, 1.807) is 0 Å². The van der Waals surface area contributed by atoms with Crippen LogP contribution < -0.4 is 10.1 Å². The van der Waals surface area contributed by atoms with Crippen LogP contribution in [-0.2, 0) is 4.79 Å². The summed E-state index contributed by atoms with van der Waals surface area (Å²) >= 11 is 0. The van der Waals surface area contributed by atoms with Gasteiger partial charge in [0.15, 0.2) is 0 Å². The molecular formula is C15H19NO3. The van der Waals surface area contributed by atoms with E-state index < -0.39 is 5.97 Å². The smallest absolute Gasteiger partial charge is 0.317 e. The quantitative estimate of drug-likeness (QED) is 0.877. The van der Waals surface area contributed by atoms with Crippen molar-refractivity contribution in [2.24, 2.45) is 5.92 Å². The summed E-state index contributed by atoms with van der Waals surface area (Å²) in [6.45, 7) is 0.00220. The highest BCUT2D eigenvalue weighted by Crippen LogP contribution is 2.44. The van der Waals surface area contributed by atoms with Crippen molar-refractivity contribution in [1.82, 2.24) is 5.32 Å². The Balaban J connectivity index is 1.89. The second kappa shape index (κ2) is 5.21. The average Bonchev–Trinajstić information content (AvgIpc) is 2.43. The number of hydrogen-bond acceptors (Lipinski definition) is 3. The minimum atomic E-state index is -0.809. The number of carboxylic acids is 1. The first kappa shape index (κ1) is 12.5. The zero-order valence-corrected chi connectivity index (χ0v) is 10.8. The van der Waals surface area contributed by atoms with Gasteiger partial charge in [0.2, 0.25) is 0 Å². The van der Waals surface area contributed by atoms with Gasteiger partial charge in [-0.05, 0) is 25.3 Å². The molecule has 0 aromatic heterocycles. The van der Waals surface area contributed by atoms with E-state index in [0.717, 1.165) is 24.2 Å². The summed E-state index contributed by atoms with van der Waals surface area (Å²) in [5.74, 6) is 0.493. The Morgan fingerprint density at radius 2 is 2.11 bits per heavy atom. The predicted molar refractivity (Wildman–Crippen MR) is 71.2 cm³/mol. The summed E-state index contributed by atoms with van der Waals surface area (Å²) in [6.07, 6.45) is 4.82. The maximum Gasteiger partial charge on any atom is 0.317 e. The van der Waals surface area contributed by atoms with E-state index in [0.29, 0.717) is 5.92 Å². The number of ether oxygens (including phenoxy) is 1. The van der Waals surface area contributed by atoms with Crippen LogP contribution in [-0.4, -0.2) is 23.7 Å². The first-order valence-corrected chi connectivity index (χ1v) is 6.96. The summed E-state index contributed by atoms with van der Waals surface area (Å²) in [4.78, 5) is 10.8. The predicted octanol–water partition coefficient (Wildman–Crippen LogP) is 2.35. The van der Waals surface area contributed by atoms with Gasteiger partial charge in [-0.1, -0.05) is 24.6 Å². The zero-order chi connectivity index (χ0) is 13.2. The lowest BCUT2D eigenvalue weighted by Gasteiger charge is -2.42. The van der Waals surface area contributed by atoms with Crippen LogP contribution in [0.3, 0.4) is 0 Å². The number of aliphatic carboxylic acids is 1. The number of carboxylic acid groups (broad SMARTS) is 1. The molecule has 4 heteroatoms. The Morgan fingerprint density at radius 1 is 1.32 bits per heavy atom. The molecule has 102 valence electrons. The zero-order valence-electron chi connectivity index (χ0n) is 10.8. The molecule has 4 nitrogen and oxygen atoms in total. The molecular weight excluding hydrogens is 242 g/mol. The Kier molecular flexibility index (Phi) is 3.42. The topological polar surface area (TPSA) is 58.6 Å². The van der Waals surface area contributed by atoms with Crippen molar-refractivity contribution in [2.45, 2.75) is 37.8 Å². The average molecular weight is 261 g/mol. The van der Waals surface area contributed by atoms with Crippen LogP contribution in [0.5, 0.6) is 5.75 Å². The van der Waals surface area contributed by atoms with Crippen LogP contribution in [0.1, 0.15) is 37.3 Å². The standard InChI is InChI=1S/C15H19NO3/c17-14(18)9-16-15-10-5-1-3-7-12(10)19-13-8-4-2-6-11(13)15/h1,3,5,7,11,13,15-16H,2,4,6,8-9H2,(H,17,18). The van der Waals surface area contributed by atoms with Crippen molar-refractivity contribution in [3.8, 4) is 5.75 Å². The van der Waals surface area contributed by atoms with Gasteiger partial charge in [-0.3, -0.25) is 10.1 Å². The van der Waals surface area contributed by atoms with Crippen molar-refractivity contribution in [3.63, 3.8) is 0 Å². The van der Waals surface area contributed by atoms with E-state index in [2.05, 4.69) is 5.32 Å². The van der Waals surface area contributed by atoms with Crippen LogP contribution >= 0.6 is 0 Å². The fourth-order valence-corrected chi connectivity index (χ4v) is 3.35. The molecule has 1 fully saturated rings. The van der Waals surface area contributed by atoms with Gasteiger partial charge < -0.3 is 9.84 Å². The number of carbonyl (C=O) groups is 1. The number of hydrogen-bond donors (Lipinski definition) is 2. The van der Waals surface area contributed by atoms with Crippen LogP contribution in [0, 0.1) is 5.92 Å². The molecule has 1 aliphatic carbocycles. The molecule has 1 aliphatic heterocycles. The van der Waals surface area contributed by atoms with Crippen LogP contribution in [0.15, 0.2) is 24.3 Å². The molecule has 2 N–H and O–H groups in total. The molecule has 0 radical (unpaired) electrons. The second-order valence-electron chi connectivity index (χ2n) is 5.39. The van der Waals surface area contributed by atoms with Gasteiger partial charge in [-0.15, -0.1) is 0 Å². The fraction of sp³-hybridized carbons (Fsp3) is 0.533. The molecule has 3 unspecified atom stereocenters. The fourth-order valence-electron chi connectivity index (χ4n) is 3.35. The number of rotatable bonds is 3. The van der Waals surface area contributed by atoms with Crippen molar-refractivity contribution >= 4 is 5.97 Å². The normalized spacial score (nSPS) is 28.9. The van der Waals surface area contributed by atoms with E-state index >= 15 is 0 Å². The molecule has 0 saturated heterocycles. The SMILES string of the molecule is O=C(O)CNC1c2ccccc2OC2CCCCC21. The minimum Gasteiger partial charge on any atom is -0.490 e. The first-order valence-electron chi connectivity index (χ1n) is 6.96. The number of nitrogens with one attached hydrogen (secondary N) is 1. The van der Waals surface area contributed by atoms with E-state index in [1.807, 2.05) is 24.3 Å². The van der Waals surface area contributed by atoms with E-state index in [9.17, 15) is 4.79 Å². The molecule has 0 spiro atoms. The monoisotopic (exact) mass is 261 g/mol. The van der Waals surface area contributed by atoms with E-state index in [1.165, 1.54) is 12.8 Å². The number of para-hydroxylation sites is 1. The van der Waals surface area contributed by atoms with Gasteiger partial charge in [-0.2, -0.15) is 0 Å². The van der Waals surface area contributed by atoms with Crippen LogP contribution in [0.25, 0.3) is 0 Å². The third-order valence-electron chi connectivity index (χ3n) is 4.19. The lowest BCUT2D eigenvalue weighted by atomic mass is 9.77. The molecule has 3 rings (SSSR count). The molecule has 2 aliphatic rings. The Labute approximate surface area is 112 Å². The summed E-state index contributed by atoms with van der Waals surface area (Å²) in [7, 11) is 0. The number of fused-ring (bicyclic) bond motifs is 2. The van der Waals surface area contributed by atoms with Crippen molar-refractivity contribution in [1.29, 1.82) is 0 Å². The molecule has 0 amide bonds. The van der Waals surface area contributed by atoms with Gasteiger partial charge >= 0.3 is 5.97 Å². The third-order valence-corrected chi connectivity index (χ3v) is 4.19. The van der Waals surface area contributed by atoms with Gasteiger partial charge in [-0.25, -0.2) is 0 Å². The summed E-state index contributed by atoms with van der Waals surface area (Å²) in [6, 6.07) is 8.08. The molecule has 0 bridgehead atoms. The van der Waals surface area contributed by atoms with E-state index in [-0.39, 0.29) is 18.7 Å². The summed E-state index contributed by atoms with van der Waals surface area (Å²) < 4.78 is 6.09. The van der Waals surface area contributed by atoms with Gasteiger partial charge in [0, 0.05) is 17.5 Å². The Hall–Kier alpha value is -1.55.